The summed E-state index contributed by atoms with van der Waals surface area (Å²) < 4.78 is 1.62. The van der Waals surface area contributed by atoms with Crippen LogP contribution in [0.5, 0.6) is 0 Å². The van der Waals surface area contributed by atoms with Gasteiger partial charge in [0, 0.05) is 11.8 Å². The number of benzene rings is 1. The van der Waals surface area contributed by atoms with E-state index in [2.05, 4.69) is 5.10 Å². The van der Waals surface area contributed by atoms with Gasteiger partial charge in [0.15, 0.2) is 5.69 Å². The summed E-state index contributed by atoms with van der Waals surface area (Å²) in [6.07, 6.45) is 1.79. The Morgan fingerprint density at radius 1 is 1.22 bits per heavy atom. The molecule has 0 fully saturated rings. The van der Waals surface area contributed by atoms with Gasteiger partial charge in [-0.1, -0.05) is 39.0 Å². The lowest BCUT2D eigenvalue weighted by Crippen LogP contribution is -2.15. The Kier molecular flexibility index (Phi) is 2.95. The monoisotopic (exact) mass is 244 g/mol. The lowest BCUT2D eigenvalue weighted by Gasteiger charge is -2.16. The Morgan fingerprint density at radius 2 is 1.83 bits per heavy atom. The van der Waals surface area contributed by atoms with Gasteiger partial charge >= 0.3 is 5.97 Å². The second-order valence-electron chi connectivity index (χ2n) is 5.23. The van der Waals surface area contributed by atoms with Gasteiger partial charge in [0.25, 0.3) is 0 Å². The van der Waals surface area contributed by atoms with Crippen molar-refractivity contribution in [1.82, 2.24) is 9.78 Å². The average molecular weight is 244 g/mol. The molecular weight excluding hydrogens is 228 g/mol. The first-order chi connectivity index (χ1) is 8.39. The lowest BCUT2D eigenvalue weighted by molar-refractivity contribution is 0.0687. The number of hydrogen-bond acceptors (Lipinski definition) is 2. The highest BCUT2D eigenvalue weighted by atomic mass is 16.4. The van der Waals surface area contributed by atoms with E-state index in [0.717, 1.165) is 11.3 Å². The molecule has 0 amide bonds. The van der Waals surface area contributed by atoms with E-state index in [9.17, 15) is 9.90 Å². The van der Waals surface area contributed by atoms with Crippen molar-refractivity contribution in [2.45, 2.75) is 26.2 Å². The topological polar surface area (TPSA) is 55.1 Å². The number of nitrogens with zero attached hydrogens (tertiary/aromatic N) is 2. The van der Waals surface area contributed by atoms with Crippen molar-refractivity contribution in [3.05, 3.63) is 47.8 Å². The third-order valence-electron chi connectivity index (χ3n) is 2.75. The van der Waals surface area contributed by atoms with Crippen molar-refractivity contribution in [3.63, 3.8) is 0 Å². The molecule has 18 heavy (non-hydrogen) atoms. The molecule has 1 aromatic heterocycles. The smallest absolute Gasteiger partial charge is 0.356 e. The van der Waals surface area contributed by atoms with E-state index in [-0.39, 0.29) is 11.1 Å². The highest BCUT2D eigenvalue weighted by Crippen LogP contribution is 2.26. The maximum absolute atomic E-state index is 11.2. The van der Waals surface area contributed by atoms with Gasteiger partial charge in [-0.05, 0) is 17.5 Å². The summed E-state index contributed by atoms with van der Waals surface area (Å²) in [7, 11) is 0. The normalized spacial score (nSPS) is 11.5. The van der Waals surface area contributed by atoms with Gasteiger partial charge in [-0.2, -0.15) is 5.10 Å². The van der Waals surface area contributed by atoms with Gasteiger partial charge in [0.05, 0.1) is 5.69 Å². The second kappa shape index (κ2) is 4.29. The quantitative estimate of drug-likeness (QED) is 0.883. The number of hydrogen-bond donors (Lipinski definition) is 1. The summed E-state index contributed by atoms with van der Waals surface area (Å²) in [6.45, 7) is 5.93. The Balaban J connectivity index is 2.57. The highest BCUT2D eigenvalue weighted by Gasteiger charge is 2.25. The SMILES string of the molecule is CC(C)(C)c1cn(-c2ccccc2)nc1C(=O)O. The summed E-state index contributed by atoms with van der Waals surface area (Å²) >= 11 is 0. The van der Waals surface area contributed by atoms with E-state index in [1.165, 1.54) is 0 Å². The molecule has 4 nitrogen and oxygen atoms in total. The van der Waals surface area contributed by atoms with Gasteiger partial charge < -0.3 is 5.11 Å². The van der Waals surface area contributed by atoms with Crippen molar-refractivity contribution in [2.75, 3.05) is 0 Å². The molecule has 2 rings (SSSR count). The molecule has 0 radical (unpaired) electrons. The van der Waals surface area contributed by atoms with Crippen LogP contribution in [0, 0.1) is 0 Å². The van der Waals surface area contributed by atoms with Crippen molar-refractivity contribution < 1.29 is 9.90 Å². The number of para-hydroxylation sites is 1. The van der Waals surface area contributed by atoms with Crippen LogP contribution in [-0.2, 0) is 5.41 Å². The zero-order valence-electron chi connectivity index (χ0n) is 10.7. The molecule has 1 heterocycles. The summed E-state index contributed by atoms with van der Waals surface area (Å²) in [5.41, 5.74) is 1.46. The van der Waals surface area contributed by atoms with Crippen molar-refractivity contribution in [1.29, 1.82) is 0 Å². The molecule has 0 saturated heterocycles. The summed E-state index contributed by atoms with van der Waals surface area (Å²) in [5, 5.41) is 13.4. The highest BCUT2D eigenvalue weighted by molar-refractivity contribution is 5.87. The maximum atomic E-state index is 11.2. The van der Waals surface area contributed by atoms with E-state index in [0.29, 0.717) is 0 Å². The minimum absolute atomic E-state index is 0.117. The van der Waals surface area contributed by atoms with Crippen LogP contribution in [0.1, 0.15) is 36.8 Å². The van der Waals surface area contributed by atoms with E-state index >= 15 is 0 Å². The fourth-order valence-corrected chi connectivity index (χ4v) is 1.79. The van der Waals surface area contributed by atoms with Crippen LogP contribution in [0.2, 0.25) is 0 Å². The van der Waals surface area contributed by atoms with Crippen LogP contribution >= 0.6 is 0 Å². The fraction of sp³-hybridized carbons (Fsp3) is 0.286. The zero-order valence-corrected chi connectivity index (χ0v) is 10.7. The molecular formula is C14H16N2O2. The number of aromatic carboxylic acids is 1. The first-order valence-corrected chi connectivity index (χ1v) is 5.78. The Labute approximate surface area is 106 Å². The Hall–Kier alpha value is -2.10. The fourth-order valence-electron chi connectivity index (χ4n) is 1.79. The number of carboxylic acids is 1. The van der Waals surface area contributed by atoms with E-state index in [1.807, 2.05) is 51.1 Å². The van der Waals surface area contributed by atoms with E-state index in [1.54, 1.807) is 10.9 Å². The largest absolute Gasteiger partial charge is 0.476 e. The molecule has 1 aromatic carbocycles. The molecule has 0 aliphatic carbocycles. The first kappa shape index (κ1) is 12.4. The maximum Gasteiger partial charge on any atom is 0.356 e. The molecule has 1 N–H and O–H groups in total. The van der Waals surface area contributed by atoms with Crippen molar-refractivity contribution in [2.24, 2.45) is 0 Å². The van der Waals surface area contributed by atoms with Gasteiger partial charge in [-0.25, -0.2) is 9.48 Å². The third-order valence-corrected chi connectivity index (χ3v) is 2.75. The van der Waals surface area contributed by atoms with Crippen LogP contribution in [0.25, 0.3) is 5.69 Å². The molecule has 94 valence electrons. The molecule has 2 aromatic rings. The number of carboxylic acid groups (broad SMARTS) is 1. The standard InChI is InChI=1S/C14H16N2O2/c1-14(2,3)11-9-16(15-12(11)13(17)18)10-7-5-4-6-8-10/h4-9H,1-3H3,(H,17,18). The van der Waals surface area contributed by atoms with Crippen LogP contribution in [-0.4, -0.2) is 20.9 Å². The number of aromatic nitrogens is 2. The van der Waals surface area contributed by atoms with E-state index in [4.69, 9.17) is 0 Å². The zero-order chi connectivity index (χ0) is 13.3. The number of carbonyl (C=O) groups is 1. The minimum atomic E-state index is -0.991. The third kappa shape index (κ3) is 2.27. The predicted molar refractivity (Wildman–Crippen MR) is 69.2 cm³/mol. The van der Waals surface area contributed by atoms with E-state index < -0.39 is 5.97 Å². The molecule has 0 unspecified atom stereocenters. The van der Waals surface area contributed by atoms with Crippen LogP contribution < -0.4 is 0 Å². The van der Waals surface area contributed by atoms with Crippen LogP contribution in [0.15, 0.2) is 36.5 Å². The predicted octanol–water partition coefficient (Wildman–Crippen LogP) is 2.87. The first-order valence-electron chi connectivity index (χ1n) is 5.78. The minimum Gasteiger partial charge on any atom is -0.476 e. The molecule has 0 saturated carbocycles. The average Bonchev–Trinajstić information content (AvgIpc) is 2.74. The molecule has 0 aliphatic rings. The van der Waals surface area contributed by atoms with Crippen LogP contribution in [0.3, 0.4) is 0 Å². The Morgan fingerprint density at radius 3 is 2.28 bits per heavy atom. The molecule has 0 atom stereocenters. The van der Waals surface area contributed by atoms with Gasteiger partial charge in [0.2, 0.25) is 0 Å². The molecule has 0 aliphatic heterocycles. The van der Waals surface area contributed by atoms with Gasteiger partial charge in [-0.15, -0.1) is 0 Å². The number of rotatable bonds is 2. The summed E-state index contributed by atoms with van der Waals surface area (Å²) in [4.78, 5) is 11.2. The van der Waals surface area contributed by atoms with Crippen molar-refractivity contribution >= 4 is 5.97 Å². The van der Waals surface area contributed by atoms with Crippen LogP contribution in [0.4, 0.5) is 0 Å². The van der Waals surface area contributed by atoms with Crippen molar-refractivity contribution in [3.8, 4) is 5.69 Å². The molecule has 0 spiro atoms. The lowest BCUT2D eigenvalue weighted by atomic mass is 9.87. The van der Waals surface area contributed by atoms with Gasteiger partial charge in [0.1, 0.15) is 0 Å². The Bertz CT molecular complexity index is 565. The second-order valence-corrected chi connectivity index (χ2v) is 5.23. The summed E-state index contributed by atoms with van der Waals surface area (Å²) in [6, 6.07) is 9.49. The molecule has 0 bridgehead atoms. The summed E-state index contributed by atoms with van der Waals surface area (Å²) in [5.74, 6) is -0.991. The molecule has 4 heteroatoms. The van der Waals surface area contributed by atoms with Gasteiger partial charge in [-0.3, -0.25) is 0 Å².